The van der Waals surface area contributed by atoms with Gasteiger partial charge in [0.2, 0.25) is 0 Å². The predicted octanol–water partition coefficient (Wildman–Crippen LogP) is 1.59. The number of hydrogen-bond acceptors (Lipinski definition) is 6. The SMILES string of the molecule is COc1ccc(CN(C)Cn2nnn(-c3cccs3)c2=O)cc1. The summed E-state index contributed by atoms with van der Waals surface area (Å²) in [6, 6.07) is 11.6. The Bertz CT molecular complexity index is 807. The van der Waals surface area contributed by atoms with Crippen LogP contribution in [0.25, 0.3) is 5.00 Å². The second kappa shape index (κ2) is 6.76. The minimum Gasteiger partial charge on any atom is -0.497 e. The van der Waals surface area contributed by atoms with Gasteiger partial charge in [0.1, 0.15) is 17.4 Å². The second-order valence-electron chi connectivity index (χ2n) is 5.13. The highest BCUT2D eigenvalue weighted by Gasteiger charge is 2.11. The van der Waals surface area contributed by atoms with Crippen molar-refractivity contribution in [3.05, 3.63) is 57.8 Å². The van der Waals surface area contributed by atoms with Crippen molar-refractivity contribution in [2.75, 3.05) is 14.2 Å². The normalized spacial score (nSPS) is 11.1. The molecule has 0 radical (unpaired) electrons. The van der Waals surface area contributed by atoms with E-state index in [2.05, 4.69) is 10.4 Å². The van der Waals surface area contributed by atoms with Crippen molar-refractivity contribution in [3.8, 4) is 10.8 Å². The molecule has 0 saturated heterocycles. The van der Waals surface area contributed by atoms with Gasteiger partial charge < -0.3 is 4.74 Å². The van der Waals surface area contributed by atoms with Gasteiger partial charge in [-0.15, -0.1) is 11.3 Å². The highest BCUT2D eigenvalue weighted by Crippen LogP contribution is 2.13. The molecule has 0 fully saturated rings. The molecule has 0 saturated carbocycles. The Balaban J connectivity index is 1.68. The molecule has 0 aliphatic rings. The van der Waals surface area contributed by atoms with E-state index in [1.807, 2.05) is 53.7 Å². The van der Waals surface area contributed by atoms with Gasteiger partial charge in [-0.25, -0.2) is 4.79 Å². The van der Waals surface area contributed by atoms with Crippen molar-refractivity contribution >= 4 is 11.3 Å². The summed E-state index contributed by atoms with van der Waals surface area (Å²) >= 11 is 1.45. The quantitative estimate of drug-likeness (QED) is 0.686. The molecule has 1 aromatic carbocycles. The second-order valence-corrected chi connectivity index (χ2v) is 6.05. The number of hydrogen-bond donors (Lipinski definition) is 0. The van der Waals surface area contributed by atoms with Gasteiger partial charge in [-0.3, -0.25) is 4.90 Å². The van der Waals surface area contributed by atoms with Crippen molar-refractivity contribution < 1.29 is 4.74 Å². The molecule has 120 valence electrons. The molecule has 8 heteroatoms. The molecular formula is C15H17N5O2S. The Labute approximate surface area is 137 Å². The molecular weight excluding hydrogens is 314 g/mol. The van der Waals surface area contributed by atoms with Crippen molar-refractivity contribution in [1.29, 1.82) is 0 Å². The van der Waals surface area contributed by atoms with Crippen LogP contribution in [-0.2, 0) is 13.2 Å². The van der Waals surface area contributed by atoms with E-state index in [0.29, 0.717) is 13.2 Å². The zero-order chi connectivity index (χ0) is 16.2. The first-order valence-electron chi connectivity index (χ1n) is 7.05. The average Bonchev–Trinajstić information content (AvgIpc) is 3.19. The minimum atomic E-state index is -0.242. The number of aromatic nitrogens is 4. The number of tetrazole rings is 1. The molecule has 3 rings (SSSR count). The van der Waals surface area contributed by atoms with Crippen LogP contribution in [-0.4, -0.2) is 38.8 Å². The molecule has 0 aliphatic carbocycles. The molecule has 7 nitrogen and oxygen atoms in total. The summed E-state index contributed by atoms with van der Waals surface area (Å²) in [6.45, 7) is 1.07. The largest absolute Gasteiger partial charge is 0.497 e. The molecule has 0 atom stereocenters. The summed E-state index contributed by atoms with van der Waals surface area (Å²) in [7, 11) is 3.57. The van der Waals surface area contributed by atoms with Gasteiger partial charge in [-0.05, 0) is 52.7 Å². The smallest absolute Gasteiger partial charge is 0.370 e. The summed E-state index contributed by atoms with van der Waals surface area (Å²) in [4.78, 5) is 14.3. The maximum absolute atomic E-state index is 12.3. The number of nitrogens with zero attached hydrogens (tertiary/aromatic N) is 5. The lowest BCUT2D eigenvalue weighted by Gasteiger charge is -2.15. The molecule has 0 spiro atoms. The number of benzene rings is 1. The van der Waals surface area contributed by atoms with Crippen LogP contribution in [0.1, 0.15) is 5.56 Å². The highest BCUT2D eigenvalue weighted by molar-refractivity contribution is 7.12. The van der Waals surface area contributed by atoms with E-state index < -0.39 is 0 Å². The minimum absolute atomic E-state index is 0.242. The molecule has 2 aromatic heterocycles. The fourth-order valence-electron chi connectivity index (χ4n) is 2.21. The molecule has 0 N–H and O–H groups in total. The Kier molecular flexibility index (Phi) is 4.54. The molecule has 0 unspecified atom stereocenters. The fraction of sp³-hybridized carbons (Fsp3) is 0.267. The van der Waals surface area contributed by atoms with E-state index >= 15 is 0 Å². The Morgan fingerprint density at radius 3 is 2.65 bits per heavy atom. The first kappa shape index (κ1) is 15.4. The molecule has 3 aromatic rings. The first-order chi connectivity index (χ1) is 11.2. The van der Waals surface area contributed by atoms with Crippen LogP contribution in [0.3, 0.4) is 0 Å². The van der Waals surface area contributed by atoms with Gasteiger partial charge in [0.25, 0.3) is 0 Å². The van der Waals surface area contributed by atoms with Crippen LogP contribution in [0, 0.1) is 0 Å². The van der Waals surface area contributed by atoms with E-state index in [4.69, 9.17) is 4.74 Å². The van der Waals surface area contributed by atoms with E-state index in [9.17, 15) is 4.79 Å². The molecule has 0 aliphatic heterocycles. The number of thiophene rings is 1. The van der Waals surface area contributed by atoms with Crippen molar-refractivity contribution in [3.63, 3.8) is 0 Å². The van der Waals surface area contributed by atoms with Crippen LogP contribution in [0.4, 0.5) is 0 Å². The monoisotopic (exact) mass is 331 g/mol. The summed E-state index contributed by atoms with van der Waals surface area (Å²) in [5.41, 5.74) is 0.890. The fourth-order valence-corrected chi connectivity index (χ4v) is 2.88. The van der Waals surface area contributed by atoms with Crippen LogP contribution in [0.15, 0.2) is 46.6 Å². The van der Waals surface area contributed by atoms with Crippen molar-refractivity contribution in [2.24, 2.45) is 0 Å². The predicted molar refractivity (Wildman–Crippen MR) is 88.0 cm³/mol. The number of ether oxygens (including phenoxy) is 1. The summed E-state index contributed by atoms with van der Waals surface area (Å²) in [5.74, 6) is 0.825. The molecule has 2 heterocycles. The molecule has 0 bridgehead atoms. The lowest BCUT2D eigenvalue weighted by Crippen LogP contribution is -2.31. The summed E-state index contributed by atoms with van der Waals surface area (Å²) in [6.07, 6.45) is 0. The Morgan fingerprint density at radius 2 is 2.00 bits per heavy atom. The number of rotatable bonds is 6. The average molecular weight is 331 g/mol. The first-order valence-corrected chi connectivity index (χ1v) is 7.93. The lowest BCUT2D eigenvalue weighted by molar-refractivity contribution is 0.239. The third-order valence-corrected chi connectivity index (χ3v) is 4.18. The van der Waals surface area contributed by atoms with E-state index in [0.717, 1.165) is 16.3 Å². The van der Waals surface area contributed by atoms with E-state index in [-0.39, 0.29) is 5.69 Å². The standard InChI is InChI=1S/C15H17N5O2S/c1-18(10-12-5-7-13(22-2)8-6-12)11-19-15(21)20(17-16-19)14-4-3-9-23-14/h3-9H,10-11H2,1-2H3. The van der Waals surface area contributed by atoms with Crippen LogP contribution >= 0.6 is 11.3 Å². The van der Waals surface area contributed by atoms with Crippen molar-refractivity contribution in [1.82, 2.24) is 24.7 Å². The van der Waals surface area contributed by atoms with E-state index in [1.54, 1.807) is 7.11 Å². The van der Waals surface area contributed by atoms with E-state index in [1.165, 1.54) is 20.7 Å². The van der Waals surface area contributed by atoms with Gasteiger partial charge in [0.05, 0.1) is 7.11 Å². The van der Waals surface area contributed by atoms with Crippen LogP contribution in [0.5, 0.6) is 5.75 Å². The summed E-state index contributed by atoms with van der Waals surface area (Å²) < 4.78 is 7.81. The van der Waals surface area contributed by atoms with Gasteiger partial charge in [-0.2, -0.15) is 9.36 Å². The number of methoxy groups -OCH3 is 1. The zero-order valence-electron chi connectivity index (χ0n) is 12.9. The van der Waals surface area contributed by atoms with Crippen LogP contribution in [0.2, 0.25) is 0 Å². The Morgan fingerprint density at radius 1 is 1.22 bits per heavy atom. The van der Waals surface area contributed by atoms with Crippen LogP contribution < -0.4 is 10.4 Å². The topological polar surface area (TPSA) is 65.2 Å². The maximum Gasteiger partial charge on any atom is 0.370 e. The lowest BCUT2D eigenvalue weighted by atomic mass is 10.2. The van der Waals surface area contributed by atoms with Gasteiger partial charge in [-0.1, -0.05) is 12.1 Å². The Hall–Kier alpha value is -2.45. The third-order valence-electron chi connectivity index (χ3n) is 3.34. The molecule has 23 heavy (non-hydrogen) atoms. The zero-order valence-corrected chi connectivity index (χ0v) is 13.7. The van der Waals surface area contributed by atoms with Crippen molar-refractivity contribution in [2.45, 2.75) is 13.2 Å². The van der Waals surface area contributed by atoms with Gasteiger partial charge in [0.15, 0.2) is 0 Å². The maximum atomic E-state index is 12.3. The molecule has 0 amide bonds. The van der Waals surface area contributed by atoms with Gasteiger partial charge >= 0.3 is 5.69 Å². The highest BCUT2D eigenvalue weighted by atomic mass is 32.1. The third kappa shape index (κ3) is 3.49. The summed E-state index contributed by atoms with van der Waals surface area (Å²) in [5, 5.41) is 10.5. The van der Waals surface area contributed by atoms with Gasteiger partial charge in [0, 0.05) is 6.54 Å².